The van der Waals surface area contributed by atoms with E-state index >= 15 is 0 Å². The molecule has 1 aliphatic rings. The molecule has 4 rings (SSSR count). The normalized spacial score (nSPS) is 15.8. The Bertz CT molecular complexity index is 1160. The third kappa shape index (κ3) is 4.60. The van der Waals surface area contributed by atoms with Crippen LogP contribution in [0.1, 0.15) is 5.69 Å². The summed E-state index contributed by atoms with van der Waals surface area (Å²) in [4.78, 5) is 6.03. The molecule has 1 aliphatic heterocycles. The molecule has 0 unspecified atom stereocenters. The summed E-state index contributed by atoms with van der Waals surface area (Å²) in [5.74, 6) is -0.673. The molecule has 0 spiro atoms. The summed E-state index contributed by atoms with van der Waals surface area (Å²) in [6.07, 6.45) is 1.58. The van der Waals surface area contributed by atoms with Crippen LogP contribution in [0.5, 0.6) is 5.75 Å². The van der Waals surface area contributed by atoms with Crippen molar-refractivity contribution < 1.29 is 26.4 Å². The summed E-state index contributed by atoms with van der Waals surface area (Å²) >= 11 is 0. The van der Waals surface area contributed by atoms with E-state index in [9.17, 15) is 17.2 Å². The molecule has 7 nitrogen and oxygen atoms in total. The monoisotopic (exact) mass is 449 g/mol. The second-order valence-electron chi connectivity index (χ2n) is 7.13. The number of aromatic nitrogens is 1. The van der Waals surface area contributed by atoms with Crippen LogP contribution in [0.4, 0.5) is 8.78 Å². The van der Waals surface area contributed by atoms with Crippen LogP contribution in [-0.2, 0) is 16.6 Å². The standard InChI is InChI=1S/C21H21F2N3O4S/c1-29-18-5-2-15(3-6-18)21-24-17(14-30-21)13-25-8-10-26(11-9-25)31(27,28)20-7-4-16(22)12-19(20)23/h2-7,12,14H,8-11,13H2,1H3. The Morgan fingerprint density at radius 2 is 1.77 bits per heavy atom. The van der Waals surface area contributed by atoms with Gasteiger partial charge in [-0.3, -0.25) is 4.90 Å². The third-order valence-corrected chi connectivity index (χ3v) is 7.05. The summed E-state index contributed by atoms with van der Waals surface area (Å²) in [6.45, 7) is 1.79. The van der Waals surface area contributed by atoms with E-state index in [1.165, 1.54) is 4.31 Å². The summed E-state index contributed by atoms with van der Waals surface area (Å²) in [5.41, 5.74) is 1.55. The summed E-state index contributed by atoms with van der Waals surface area (Å²) in [7, 11) is -2.43. The molecule has 0 bridgehead atoms. The Hall–Kier alpha value is -2.82. The van der Waals surface area contributed by atoms with Gasteiger partial charge in [-0.1, -0.05) is 0 Å². The number of piperazine rings is 1. The van der Waals surface area contributed by atoms with Crippen LogP contribution >= 0.6 is 0 Å². The zero-order valence-corrected chi connectivity index (χ0v) is 17.6. The van der Waals surface area contributed by atoms with Gasteiger partial charge in [0.05, 0.1) is 12.8 Å². The first-order chi connectivity index (χ1) is 14.9. The van der Waals surface area contributed by atoms with E-state index in [1.807, 2.05) is 29.2 Å². The maximum Gasteiger partial charge on any atom is 0.246 e. The largest absolute Gasteiger partial charge is 0.497 e. The highest BCUT2D eigenvalue weighted by Gasteiger charge is 2.31. The van der Waals surface area contributed by atoms with E-state index in [0.29, 0.717) is 31.6 Å². The average Bonchev–Trinajstić information content (AvgIpc) is 3.22. The molecule has 10 heteroatoms. The SMILES string of the molecule is COc1ccc(-c2nc(CN3CCN(S(=O)(=O)c4ccc(F)cc4F)CC3)co2)cc1. The number of methoxy groups -OCH3 is 1. The minimum absolute atomic E-state index is 0.197. The quantitative estimate of drug-likeness (QED) is 0.576. The van der Waals surface area contributed by atoms with Crippen molar-refractivity contribution in [3.8, 4) is 17.2 Å². The van der Waals surface area contributed by atoms with Gasteiger partial charge in [-0.15, -0.1) is 0 Å². The van der Waals surface area contributed by atoms with E-state index in [1.54, 1.807) is 13.4 Å². The highest BCUT2D eigenvalue weighted by molar-refractivity contribution is 7.89. The van der Waals surface area contributed by atoms with Crippen molar-refractivity contribution in [3.05, 3.63) is 66.1 Å². The lowest BCUT2D eigenvalue weighted by Crippen LogP contribution is -2.48. The second-order valence-corrected chi connectivity index (χ2v) is 9.03. The van der Waals surface area contributed by atoms with E-state index < -0.39 is 26.6 Å². The van der Waals surface area contributed by atoms with E-state index in [2.05, 4.69) is 4.98 Å². The van der Waals surface area contributed by atoms with Gasteiger partial charge in [-0.25, -0.2) is 22.2 Å². The third-order valence-electron chi connectivity index (χ3n) is 5.12. The number of nitrogens with zero attached hydrogens (tertiary/aromatic N) is 3. The first-order valence-corrected chi connectivity index (χ1v) is 11.1. The van der Waals surface area contributed by atoms with Crippen molar-refractivity contribution in [1.29, 1.82) is 0 Å². The number of ether oxygens (including phenoxy) is 1. The lowest BCUT2D eigenvalue weighted by Gasteiger charge is -2.33. The van der Waals surface area contributed by atoms with Crippen molar-refractivity contribution in [2.75, 3.05) is 33.3 Å². The van der Waals surface area contributed by atoms with E-state index in [4.69, 9.17) is 9.15 Å². The number of sulfonamides is 1. The molecule has 0 amide bonds. The second kappa shape index (κ2) is 8.74. The molecule has 3 aromatic rings. The number of hydrogen-bond acceptors (Lipinski definition) is 6. The highest BCUT2D eigenvalue weighted by atomic mass is 32.2. The maximum absolute atomic E-state index is 14.0. The Kier molecular flexibility index (Phi) is 6.03. The molecule has 1 aromatic heterocycles. The minimum atomic E-state index is -4.02. The van der Waals surface area contributed by atoms with Gasteiger partial charge in [0.25, 0.3) is 0 Å². The molecule has 164 valence electrons. The van der Waals surface area contributed by atoms with Gasteiger partial charge in [0.15, 0.2) is 0 Å². The van der Waals surface area contributed by atoms with Gasteiger partial charge < -0.3 is 9.15 Å². The van der Waals surface area contributed by atoms with Crippen LogP contribution in [0.25, 0.3) is 11.5 Å². The predicted octanol–water partition coefficient (Wildman–Crippen LogP) is 3.13. The fourth-order valence-corrected chi connectivity index (χ4v) is 4.89. The van der Waals surface area contributed by atoms with E-state index in [0.717, 1.165) is 29.1 Å². The smallest absolute Gasteiger partial charge is 0.246 e. The van der Waals surface area contributed by atoms with Gasteiger partial charge in [-0.2, -0.15) is 4.31 Å². The average molecular weight is 449 g/mol. The molecule has 2 aromatic carbocycles. The fraction of sp³-hybridized carbons (Fsp3) is 0.286. The van der Waals surface area contributed by atoms with Crippen LogP contribution in [0.3, 0.4) is 0 Å². The first-order valence-electron chi connectivity index (χ1n) is 9.63. The molecular formula is C21H21F2N3O4S. The first kappa shape index (κ1) is 21.4. The lowest BCUT2D eigenvalue weighted by molar-refractivity contribution is 0.179. The van der Waals surface area contributed by atoms with Gasteiger partial charge in [0.2, 0.25) is 15.9 Å². The number of hydrogen-bond donors (Lipinski definition) is 0. The Morgan fingerprint density at radius 3 is 2.42 bits per heavy atom. The molecule has 31 heavy (non-hydrogen) atoms. The van der Waals surface area contributed by atoms with Gasteiger partial charge in [0, 0.05) is 44.4 Å². The predicted molar refractivity (Wildman–Crippen MR) is 109 cm³/mol. The van der Waals surface area contributed by atoms with Crippen molar-refractivity contribution in [3.63, 3.8) is 0 Å². The highest BCUT2D eigenvalue weighted by Crippen LogP contribution is 2.24. The Morgan fingerprint density at radius 1 is 1.06 bits per heavy atom. The van der Waals surface area contributed by atoms with Crippen LogP contribution in [0.2, 0.25) is 0 Å². The Balaban J connectivity index is 1.37. The molecule has 0 saturated carbocycles. The number of halogens is 2. The van der Waals surface area contributed by atoms with Crippen LogP contribution < -0.4 is 4.74 Å². The molecule has 1 saturated heterocycles. The van der Waals surface area contributed by atoms with Crippen molar-refractivity contribution >= 4 is 10.0 Å². The number of oxazole rings is 1. The summed E-state index contributed by atoms with van der Waals surface area (Å²) in [5, 5.41) is 0. The van der Waals surface area contributed by atoms with Crippen molar-refractivity contribution in [2.24, 2.45) is 0 Å². The molecule has 1 fully saturated rings. The molecule has 0 radical (unpaired) electrons. The van der Waals surface area contributed by atoms with Crippen molar-refractivity contribution in [2.45, 2.75) is 11.4 Å². The molecular weight excluding hydrogens is 428 g/mol. The zero-order valence-electron chi connectivity index (χ0n) is 16.8. The zero-order chi connectivity index (χ0) is 22.0. The topological polar surface area (TPSA) is 75.9 Å². The van der Waals surface area contributed by atoms with Gasteiger partial charge >= 0.3 is 0 Å². The van der Waals surface area contributed by atoms with Crippen LogP contribution in [0, 0.1) is 11.6 Å². The summed E-state index contributed by atoms with van der Waals surface area (Å²) in [6, 6.07) is 9.83. The van der Waals surface area contributed by atoms with Gasteiger partial charge in [0.1, 0.15) is 28.5 Å². The Labute approximate surface area is 178 Å². The fourth-order valence-electron chi connectivity index (χ4n) is 3.43. The van der Waals surface area contributed by atoms with Gasteiger partial charge in [-0.05, 0) is 36.4 Å². The summed E-state index contributed by atoms with van der Waals surface area (Å²) < 4.78 is 64.4. The molecule has 0 N–H and O–H groups in total. The lowest BCUT2D eigenvalue weighted by atomic mass is 10.2. The van der Waals surface area contributed by atoms with E-state index in [-0.39, 0.29) is 13.1 Å². The maximum atomic E-state index is 14.0. The van der Waals surface area contributed by atoms with Crippen LogP contribution in [-0.4, -0.2) is 55.9 Å². The minimum Gasteiger partial charge on any atom is -0.497 e. The number of benzene rings is 2. The number of rotatable bonds is 6. The molecule has 2 heterocycles. The van der Waals surface area contributed by atoms with Crippen molar-refractivity contribution in [1.82, 2.24) is 14.2 Å². The molecule has 0 aliphatic carbocycles. The molecule has 0 atom stereocenters. The van der Waals surface area contributed by atoms with Crippen LogP contribution in [0.15, 0.2) is 58.0 Å².